The second-order valence-corrected chi connectivity index (χ2v) is 4.70. The predicted octanol–water partition coefficient (Wildman–Crippen LogP) is 0.580. The lowest BCUT2D eigenvalue weighted by atomic mass is 10.1. The number of aromatic nitrogens is 1. The third kappa shape index (κ3) is 3.49. The standard InChI is InChI=1S/C13H21N3O/c1-12-10-15(5-6-16(12)7-8-17)11-13-3-2-4-14-9-13/h2-4,9,12,17H,5-8,10-11H2,1H3. The summed E-state index contributed by atoms with van der Waals surface area (Å²) < 4.78 is 0. The maximum atomic E-state index is 8.97. The van der Waals surface area contributed by atoms with E-state index >= 15 is 0 Å². The first-order valence-electron chi connectivity index (χ1n) is 6.26. The Bertz CT molecular complexity index is 331. The van der Waals surface area contributed by atoms with Crippen molar-refractivity contribution in [1.29, 1.82) is 0 Å². The number of β-amino-alcohol motifs (C(OH)–C–C–N with tert-alkyl or cyclic N) is 1. The van der Waals surface area contributed by atoms with Crippen molar-refractivity contribution in [2.75, 3.05) is 32.8 Å². The van der Waals surface area contributed by atoms with E-state index in [0.29, 0.717) is 6.04 Å². The molecular weight excluding hydrogens is 214 g/mol. The van der Waals surface area contributed by atoms with Gasteiger partial charge >= 0.3 is 0 Å². The molecule has 0 aromatic carbocycles. The van der Waals surface area contributed by atoms with Crippen molar-refractivity contribution in [3.8, 4) is 0 Å². The Morgan fingerprint density at radius 2 is 2.35 bits per heavy atom. The molecule has 0 amide bonds. The summed E-state index contributed by atoms with van der Waals surface area (Å²) in [6.07, 6.45) is 3.75. The van der Waals surface area contributed by atoms with E-state index in [1.165, 1.54) is 5.56 Å². The van der Waals surface area contributed by atoms with Crippen molar-refractivity contribution >= 4 is 0 Å². The van der Waals surface area contributed by atoms with Gasteiger partial charge in [-0.1, -0.05) is 6.07 Å². The number of aliphatic hydroxyl groups excluding tert-OH is 1. The van der Waals surface area contributed by atoms with Gasteiger partial charge in [0, 0.05) is 51.2 Å². The van der Waals surface area contributed by atoms with E-state index in [1.54, 1.807) is 0 Å². The lowest BCUT2D eigenvalue weighted by molar-refractivity contribution is 0.0647. The van der Waals surface area contributed by atoms with Gasteiger partial charge in [0.25, 0.3) is 0 Å². The smallest absolute Gasteiger partial charge is 0.0558 e. The zero-order valence-electron chi connectivity index (χ0n) is 10.4. The molecule has 1 fully saturated rings. The molecule has 0 spiro atoms. The summed E-state index contributed by atoms with van der Waals surface area (Å²) in [5, 5.41) is 8.97. The second kappa shape index (κ2) is 6.10. The minimum Gasteiger partial charge on any atom is -0.395 e. The number of hydrogen-bond acceptors (Lipinski definition) is 4. The highest BCUT2D eigenvalue weighted by atomic mass is 16.3. The Hall–Kier alpha value is -0.970. The Balaban J connectivity index is 1.85. The van der Waals surface area contributed by atoms with E-state index in [9.17, 15) is 0 Å². The first kappa shape index (κ1) is 12.5. The second-order valence-electron chi connectivity index (χ2n) is 4.70. The van der Waals surface area contributed by atoms with Crippen molar-refractivity contribution in [3.05, 3.63) is 30.1 Å². The van der Waals surface area contributed by atoms with E-state index in [4.69, 9.17) is 5.11 Å². The lowest BCUT2D eigenvalue weighted by Gasteiger charge is -2.39. The van der Waals surface area contributed by atoms with Crippen LogP contribution in [-0.4, -0.2) is 58.7 Å². The first-order chi connectivity index (χ1) is 8.29. The maximum Gasteiger partial charge on any atom is 0.0558 e. The zero-order valence-corrected chi connectivity index (χ0v) is 10.4. The van der Waals surface area contributed by atoms with E-state index in [1.807, 2.05) is 18.5 Å². The minimum atomic E-state index is 0.257. The molecule has 1 saturated heterocycles. The van der Waals surface area contributed by atoms with Gasteiger partial charge < -0.3 is 5.11 Å². The molecule has 0 radical (unpaired) electrons. The highest BCUT2D eigenvalue weighted by molar-refractivity contribution is 5.08. The molecule has 1 aliphatic rings. The zero-order chi connectivity index (χ0) is 12.1. The summed E-state index contributed by atoms with van der Waals surface area (Å²) in [5.74, 6) is 0. The van der Waals surface area contributed by atoms with Gasteiger partial charge in [0.1, 0.15) is 0 Å². The molecular formula is C13H21N3O. The van der Waals surface area contributed by atoms with Gasteiger partial charge in [-0.05, 0) is 18.6 Å². The molecule has 1 atom stereocenters. The SMILES string of the molecule is CC1CN(Cc2cccnc2)CCN1CCO. The van der Waals surface area contributed by atoms with Crippen LogP contribution in [0.1, 0.15) is 12.5 Å². The first-order valence-corrected chi connectivity index (χ1v) is 6.26. The van der Waals surface area contributed by atoms with Crippen LogP contribution < -0.4 is 0 Å². The van der Waals surface area contributed by atoms with Crippen LogP contribution in [0.15, 0.2) is 24.5 Å². The van der Waals surface area contributed by atoms with Crippen molar-refractivity contribution in [1.82, 2.24) is 14.8 Å². The summed E-state index contributed by atoms with van der Waals surface area (Å²) in [7, 11) is 0. The number of aliphatic hydroxyl groups is 1. The van der Waals surface area contributed by atoms with Gasteiger partial charge in [-0.25, -0.2) is 0 Å². The van der Waals surface area contributed by atoms with Crippen molar-refractivity contribution in [2.24, 2.45) is 0 Å². The predicted molar refractivity (Wildman–Crippen MR) is 67.6 cm³/mol. The third-order valence-electron chi connectivity index (χ3n) is 3.37. The summed E-state index contributed by atoms with van der Waals surface area (Å²) >= 11 is 0. The molecule has 1 aliphatic heterocycles. The number of nitrogens with zero attached hydrogens (tertiary/aromatic N) is 3. The molecule has 4 heteroatoms. The molecule has 0 saturated carbocycles. The monoisotopic (exact) mass is 235 g/mol. The van der Waals surface area contributed by atoms with Crippen molar-refractivity contribution < 1.29 is 5.11 Å². The topological polar surface area (TPSA) is 39.6 Å². The Kier molecular flexibility index (Phi) is 4.48. The highest BCUT2D eigenvalue weighted by Crippen LogP contribution is 2.11. The number of hydrogen-bond donors (Lipinski definition) is 1. The molecule has 4 nitrogen and oxygen atoms in total. The Morgan fingerprint density at radius 3 is 3.00 bits per heavy atom. The Morgan fingerprint density at radius 1 is 1.47 bits per heavy atom. The van der Waals surface area contributed by atoms with Gasteiger partial charge in [-0.15, -0.1) is 0 Å². The van der Waals surface area contributed by atoms with Crippen LogP contribution in [0.5, 0.6) is 0 Å². The van der Waals surface area contributed by atoms with Crippen LogP contribution in [0.25, 0.3) is 0 Å². The molecule has 1 unspecified atom stereocenters. The van der Waals surface area contributed by atoms with Gasteiger partial charge in [-0.3, -0.25) is 14.8 Å². The van der Waals surface area contributed by atoms with Gasteiger partial charge in [0.15, 0.2) is 0 Å². The summed E-state index contributed by atoms with van der Waals surface area (Å²) in [6, 6.07) is 4.63. The average Bonchev–Trinajstić information content (AvgIpc) is 2.34. The van der Waals surface area contributed by atoms with Crippen LogP contribution in [0.2, 0.25) is 0 Å². The number of pyridine rings is 1. The van der Waals surface area contributed by atoms with E-state index in [2.05, 4.69) is 27.8 Å². The number of piperazine rings is 1. The quantitative estimate of drug-likeness (QED) is 0.828. The lowest BCUT2D eigenvalue weighted by Crippen LogP contribution is -2.52. The molecule has 2 rings (SSSR count). The van der Waals surface area contributed by atoms with Crippen LogP contribution in [0.4, 0.5) is 0 Å². The summed E-state index contributed by atoms with van der Waals surface area (Å²) in [4.78, 5) is 8.94. The fourth-order valence-corrected chi connectivity index (χ4v) is 2.42. The van der Waals surface area contributed by atoms with Crippen molar-refractivity contribution in [2.45, 2.75) is 19.5 Å². The van der Waals surface area contributed by atoms with Crippen LogP contribution in [-0.2, 0) is 6.54 Å². The molecule has 0 aliphatic carbocycles. The molecule has 94 valence electrons. The molecule has 1 aromatic rings. The van der Waals surface area contributed by atoms with E-state index in [0.717, 1.165) is 32.7 Å². The van der Waals surface area contributed by atoms with Crippen LogP contribution >= 0.6 is 0 Å². The molecule has 0 bridgehead atoms. The van der Waals surface area contributed by atoms with E-state index in [-0.39, 0.29) is 6.61 Å². The number of rotatable bonds is 4. The molecule has 1 N–H and O–H groups in total. The van der Waals surface area contributed by atoms with Crippen LogP contribution in [0, 0.1) is 0 Å². The highest BCUT2D eigenvalue weighted by Gasteiger charge is 2.22. The van der Waals surface area contributed by atoms with Gasteiger partial charge in [0.05, 0.1) is 6.61 Å². The van der Waals surface area contributed by atoms with Gasteiger partial charge in [0.2, 0.25) is 0 Å². The third-order valence-corrected chi connectivity index (χ3v) is 3.37. The molecule has 17 heavy (non-hydrogen) atoms. The maximum absolute atomic E-state index is 8.97. The fourth-order valence-electron chi connectivity index (χ4n) is 2.42. The van der Waals surface area contributed by atoms with Gasteiger partial charge in [-0.2, -0.15) is 0 Å². The fraction of sp³-hybridized carbons (Fsp3) is 0.615. The summed E-state index contributed by atoms with van der Waals surface area (Å²) in [6.45, 7) is 7.43. The summed E-state index contributed by atoms with van der Waals surface area (Å²) in [5.41, 5.74) is 1.27. The average molecular weight is 235 g/mol. The minimum absolute atomic E-state index is 0.257. The Labute approximate surface area is 103 Å². The largest absolute Gasteiger partial charge is 0.395 e. The van der Waals surface area contributed by atoms with E-state index < -0.39 is 0 Å². The van der Waals surface area contributed by atoms with Crippen molar-refractivity contribution in [3.63, 3.8) is 0 Å². The normalized spacial score (nSPS) is 22.8. The molecule has 2 heterocycles. The van der Waals surface area contributed by atoms with Crippen LogP contribution in [0.3, 0.4) is 0 Å². The molecule has 1 aromatic heterocycles.